The highest BCUT2D eigenvalue weighted by molar-refractivity contribution is 5.95. The van der Waals surface area contributed by atoms with Gasteiger partial charge in [0.1, 0.15) is 0 Å². The van der Waals surface area contributed by atoms with E-state index in [1.165, 1.54) is 5.56 Å². The second kappa shape index (κ2) is 6.61. The van der Waals surface area contributed by atoms with E-state index in [0.29, 0.717) is 6.61 Å². The number of benzene rings is 2. The van der Waals surface area contributed by atoms with Gasteiger partial charge in [-0.25, -0.2) is 0 Å². The number of hydrogen-bond donors (Lipinski definition) is 0. The lowest BCUT2D eigenvalue weighted by Gasteiger charge is -2.11. The maximum absolute atomic E-state index is 11.8. The Balaban J connectivity index is 2.14. The number of aryl methyl sites for hydroxylation is 1. The summed E-state index contributed by atoms with van der Waals surface area (Å²) in [6.07, 6.45) is 0.192. The summed E-state index contributed by atoms with van der Waals surface area (Å²) in [5.41, 5.74) is 5.04. The van der Waals surface area contributed by atoms with Crippen LogP contribution in [0.2, 0.25) is 0 Å². The largest absolute Gasteiger partial charge is 0.466 e. The normalized spacial score (nSPS) is 10.7. The van der Waals surface area contributed by atoms with Gasteiger partial charge in [-0.15, -0.1) is 0 Å². The molecule has 116 valence electrons. The van der Waals surface area contributed by atoms with Crippen LogP contribution in [-0.2, 0) is 16.0 Å². The summed E-state index contributed by atoms with van der Waals surface area (Å²) in [5, 5.41) is 1.10. The number of esters is 1. The number of rotatable bonds is 4. The molecule has 3 rings (SSSR count). The topological polar surface area (TPSA) is 39.2 Å². The average Bonchev–Trinajstić information content (AvgIpc) is 2.55. The molecule has 2 aromatic carbocycles. The van der Waals surface area contributed by atoms with Crippen molar-refractivity contribution in [2.45, 2.75) is 20.3 Å². The second-order valence-electron chi connectivity index (χ2n) is 5.53. The van der Waals surface area contributed by atoms with Gasteiger partial charge in [0.05, 0.1) is 24.2 Å². The summed E-state index contributed by atoms with van der Waals surface area (Å²) >= 11 is 0. The first-order valence-electron chi connectivity index (χ1n) is 7.78. The van der Waals surface area contributed by atoms with Gasteiger partial charge < -0.3 is 4.74 Å². The average molecular weight is 305 g/mol. The minimum atomic E-state index is -0.245. The molecule has 0 unspecified atom stereocenters. The van der Waals surface area contributed by atoms with E-state index in [9.17, 15) is 4.79 Å². The number of nitrogens with zero attached hydrogens (tertiary/aromatic N) is 1. The lowest BCUT2D eigenvalue weighted by molar-refractivity contribution is -0.142. The SMILES string of the molecule is CCOC(=O)Cc1cc(-c2ccccc2)c2cc(C)ccc2n1. The fourth-order valence-electron chi connectivity index (χ4n) is 2.70. The van der Waals surface area contributed by atoms with Gasteiger partial charge in [-0.05, 0) is 43.2 Å². The predicted octanol–water partition coefficient (Wildman–Crippen LogP) is 4.32. The summed E-state index contributed by atoms with van der Waals surface area (Å²) < 4.78 is 5.04. The lowest BCUT2D eigenvalue weighted by atomic mass is 9.98. The van der Waals surface area contributed by atoms with Crippen molar-refractivity contribution >= 4 is 16.9 Å². The number of carbonyl (C=O) groups is 1. The molecule has 3 nitrogen and oxygen atoms in total. The maximum Gasteiger partial charge on any atom is 0.311 e. The zero-order valence-corrected chi connectivity index (χ0v) is 13.4. The quantitative estimate of drug-likeness (QED) is 0.674. The van der Waals surface area contributed by atoms with Gasteiger partial charge >= 0.3 is 5.97 Å². The van der Waals surface area contributed by atoms with Gasteiger partial charge in [0.25, 0.3) is 0 Å². The molecule has 0 fully saturated rings. The Morgan fingerprint density at radius 3 is 2.61 bits per heavy atom. The first-order valence-corrected chi connectivity index (χ1v) is 7.78. The summed E-state index contributed by atoms with van der Waals surface area (Å²) in [4.78, 5) is 16.4. The number of ether oxygens (including phenoxy) is 1. The van der Waals surface area contributed by atoms with Crippen LogP contribution in [0.15, 0.2) is 54.6 Å². The molecule has 0 saturated heterocycles. The van der Waals surface area contributed by atoms with Gasteiger partial charge in [-0.2, -0.15) is 0 Å². The Labute approximate surface area is 135 Å². The van der Waals surface area contributed by atoms with E-state index >= 15 is 0 Å². The number of hydrogen-bond acceptors (Lipinski definition) is 3. The predicted molar refractivity (Wildman–Crippen MR) is 92.3 cm³/mol. The molecule has 0 aliphatic rings. The standard InChI is InChI=1S/C20H19NO2/c1-3-23-20(22)13-16-12-17(15-7-5-4-6-8-15)18-11-14(2)9-10-19(18)21-16/h4-12H,3,13H2,1-2H3. The molecule has 3 heteroatoms. The van der Waals surface area contributed by atoms with E-state index in [1.54, 1.807) is 0 Å². The van der Waals surface area contributed by atoms with E-state index in [1.807, 2.05) is 43.3 Å². The van der Waals surface area contributed by atoms with Crippen LogP contribution in [0.3, 0.4) is 0 Å². The van der Waals surface area contributed by atoms with Crippen LogP contribution in [0.1, 0.15) is 18.2 Å². The Morgan fingerprint density at radius 2 is 1.87 bits per heavy atom. The molecule has 0 amide bonds. The molecule has 0 spiro atoms. The van der Waals surface area contributed by atoms with Crippen LogP contribution in [-0.4, -0.2) is 17.6 Å². The van der Waals surface area contributed by atoms with Gasteiger partial charge in [-0.3, -0.25) is 9.78 Å². The first kappa shape index (κ1) is 15.2. The first-order chi connectivity index (χ1) is 11.2. The van der Waals surface area contributed by atoms with E-state index in [0.717, 1.165) is 27.7 Å². The third-order valence-electron chi connectivity index (χ3n) is 3.73. The van der Waals surface area contributed by atoms with Gasteiger partial charge in [0.15, 0.2) is 0 Å². The summed E-state index contributed by atoms with van der Waals surface area (Å²) in [6.45, 7) is 4.27. The highest BCUT2D eigenvalue weighted by Crippen LogP contribution is 2.29. The molecular formula is C20H19NO2. The number of pyridine rings is 1. The third kappa shape index (κ3) is 3.39. The number of carbonyl (C=O) groups excluding carboxylic acids is 1. The molecule has 0 saturated carbocycles. The second-order valence-corrected chi connectivity index (χ2v) is 5.53. The van der Waals surface area contributed by atoms with Crippen LogP contribution in [0.25, 0.3) is 22.0 Å². The molecule has 3 aromatic rings. The van der Waals surface area contributed by atoms with E-state index < -0.39 is 0 Å². The molecule has 0 atom stereocenters. The maximum atomic E-state index is 11.8. The van der Waals surface area contributed by atoms with Crippen LogP contribution in [0, 0.1) is 6.92 Å². The molecule has 1 aromatic heterocycles. The van der Waals surface area contributed by atoms with E-state index in [2.05, 4.69) is 30.1 Å². The Kier molecular flexibility index (Phi) is 4.38. The van der Waals surface area contributed by atoms with Crippen LogP contribution in [0.5, 0.6) is 0 Å². The molecule has 0 aliphatic carbocycles. The lowest BCUT2D eigenvalue weighted by Crippen LogP contribution is -2.09. The van der Waals surface area contributed by atoms with Crippen molar-refractivity contribution in [3.8, 4) is 11.1 Å². The zero-order chi connectivity index (χ0) is 16.2. The molecule has 1 heterocycles. The molecule has 0 aliphatic heterocycles. The molecular weight excluding hydrogens is 286 g/mol. The van der Waals surface area contributed by atoms with Crippen molar-refractivity contribution in [1.29, 1.82) is 0 Å². The smallest absolute Gasteiger partial charge is 0.311 e. The fourth-order valence-corrected chi connectivity index (χ4v) is 2.70. The van der Waals surface area contributed by atoms with Crippen molar-refractivity contribution < 1.29 is 9.53 Å². The van der Waals surface area contributed by atoms with Crippen molar-refractivity contribution in [3.63, 3.8) is 0 Å². The van der Waals surface area contributed by atoms with E-state index in [-0.39, 0.29) is 12.4 Å². The molecule has 0 N–H and O–H groups in total. The summed E-state index contributed by atoms with van der Waals surface area (Å²) in [6, 6.07) is 18.4. The number of aromatic nitrogens is 1. The Bertz CT molecular complexity index is 841. The van der Waals surface area contributed by atoms with Crippen molar-refractivity contribution in [2.75, 3.05) is 6.61 Å². The minimum Gasteiger partial charge on any atom is -0.466 e. The molecule has 0 bridgehead atoms. The van der Waals surface area contributed by atoms with Gasteiger partial charge in [0, 0.05) is 5.39 Å². The van der Waals surface area contributed by atoms with Crippen LogP contribution < -0.4 is 0 Å². The van der Waals surface area contributed by atoms with Gasteiger partial charge in [0.2, 0.25) is 0 Å². The summed E-state index contributed by atoms with van der Waals surface area (Å²) in [5.74, 6) is -0.245. The van der Waals surface area contributed by atoms with Crippen LogP contribution in [0.4, 0.5) is 0 Å². The fraction of sp³-hybridized carbons (Fsp3) is 0.200. The highest BCUT2D eigenvalue weighted by Gasteiger charge is 2.11. The van der Waals surface area contributed by atoms with Crippen molar-refractivity contribution in [1.82, 2.24) is 4.98 Å². The minimum absolute atomic E-state index is 0.192. The summed E-state index contributed by atoms with van der Waals surface area (Å²) in [7, 11) is 0. The third-order valence-corrected chi connectivity index (χ3v) is 3.73. The molecule has 0 radical (unpaired) electrons. The van der Waals surface area contributed by atoms with Crippen molar-refractivity contribution in [3.05, 3.63) is 65.9 Å². The Hall–Kier alpha value is -2.68. The van der Waals surface area contributed by atoms with Crippen LogP contribution >= 0.6 is 0 Å². The number of fused-ring (bicyclic) bond motifs is 1. The van der Waals surface area contributed by atoms with E-state index in [4.69, 9.17) is 4.74 Å². The van der Waals surface area contributed by atoms with Gasteiger partial charge in [-0.1, -0.05) is 42.0 Å². The molecule has 23 heavy (non-hydrogen) atoms. The highest BCUT2D eigenvalue weighted by atomic mass is 16.5. The Morgan fingerprint density at radius 1 is 1.09 bits per heavy atom. The monoisotopic (exact) mass is 305 g/mol. The zero-order valence-electron chi connectivity index (χ0n) is 13.4. The van der Waals surface area contributed by atoms with Crippen molar-refractivity contribution in [2.24, 2.45) is 0 Å².